The van der Waals surface area contributed by atoms with Crippen molar-refractivity contribution >= 4 is 35.0 Å². The van der Waals surface area contributed by atoms with Crippen LogP contribution in [-0.4, -0.2) is 47.6 Å². The van der Waals surface area contributed by atoms with E-state index >= 15 is 0 Å². The fraction of sp³-hybridized carbons (Fsp3) is 0.370. The molecule has 2 atom stereocenters. The van der Waals surface area contributed by atoms with Crippen molar-refractivity contribution in [3.05, 3.63) is 75.0 Å². The van der Waals surface area contributed by atoms with Crippen LogP contribution in [-0.2, 0) is 28.8 Å². The second-order valence-electron chi connectivity index (χ2n) is 8.94. The zero-order valence-corrected chi connectivity index (χ0v) is 22.0. The Kier molecular flexibility index (Phi) is 7.95. The molecule has 0 bridgehead atoms. The molecule has 35 heavy (non-hydrogen) atoms. The molecule has 0 radical (unpaired) electrons. The Morgan fingerprint density at radius 2 is 1.83 bits per heavy atom. The molecule has 0 aliphatic heterocycles. The number of hydrogen-bond acceptors (Lipinski definition) is 6. The summed E-state index contributed by atoms with van der Waals surface area (Å²) >= 11 is 12.6. The predicted molar refractivity (Wildman–Crippen MR) is 141 cm³/mol. The molecule has 2 aromatic carbocycles. The first-order chi connectivity index (χ1) is 16.8. The van der Waals surface area contributed by atoms with Crippen molar-refractivity contribution in [3.63, 3.8) is 0 Å². The average molecular weight is 513 g/mol. The van der Waals surface area contributed by atoms with Crippen molar-refractivity contribution in [1.29, 1.82) is 0 Å². The Labute approximate surface area is 216 Å². The van der Waals surface area contributed by atoms with Crippen LogP contribution < -0.4 is 5.32 Å². The third kappa shape index (κ3) is 5.61. The first-order valence-corrected chi connectivity index (χ1v) is 12.6. The standard InChI is InChI=1S/C27H30Cl2N4O2/c1-5-21-25(19-12-11-17(28)14-20(19)29)30-22(6-2)27(31-21)32-26-18-10-8-7-9-16(18)13-23(26)35-24(34)15-33(3)4/h7-12,14,23,26H,5-6,13,15H2,1-4H3,(H,31,32)/t23-,26-/m0/s1. The lowest BCUT2D eigenvalue weighted by molar-refractivity contribution is -0.150. The van der Waals surface area contributed by atoms with Crippen LogP contribution in [0.15, 0.2) is 42.5 Å². The maximum Gasteiger partial charge on any atom is 0.320 e. The monoisotopic (exact) mass is 512 g/mol. The zero-order chi connectivity index (χ0) is 25.1. The van der Waals surface area contributed by atoms with Crippen molar-refractivity contribution < 1.29 is 9.53 Å². The van der Waals surface area contributed by atoms with E-state index in [1.165, 1.54) is 5.56 Å². The van der Waals surface area contributed by atoms with Gasteiger partial charge in [-0.25, -0.2) is 9.97 Å². The van der Waals surface area contributed by atoms with Crippen LogP contribution in [0.1, 0.15) is 42.4 Å². The summed E-state index contributed by atoms with van der Waals surface area (Å²) in [5, 5.41) is 4.70. The van der Waals surface area contributed by atoms with E-state index in [1.807, 2.05) is 57.1 Å². The Morgan fingerprint density at radius 1 is 1.09 bits per heavy atom. The number of halogens is 2. The quantitative estimate of drug-likeness (QED) is 0.387. The molecule has 0 unspecified atom stereocenters. The summed E-state index contributed by atoms with van der Waals surface area (Å²) in [4.78, 5) is 24.3. The lowest BCUT2D eigenvalue weighted by Crippen LogP contribution is -2.32. The largest absolute Gasteiger partial charge is 0.458 e. The van der Waals surface area contributed by atoms with Crippen molar-refractivity contribution in [2.24, 2.45) is 0 Å². The molecule has 1 N–H and O–H groups in total. The van der Waals surface area contributed by atoms with Gasteiger partial charge in [0.15, 0.2) is 0 Å². The lowest BCUT2D eigenvalue weighted by Gasteiger charge is -2.25. The highest BCUT2D eigenvalue weighted by molar-refractivity contribution is 6.36. The summed E-state index contributed by atoms with van der Waals surface area (Å²) in [6.45, 7) is 4.32. The molecular weight excluding hydrogens is 483 g/mol. The normalized spacial score (nSPS) is 16.9. The smallest absolute Gasteiger partial charge is 0.320 e. The van der Waals surface area contributed by atoms with E-state index in [2.05, 4.69) is 17.4 Å². The van der Waals surface area contributed by atoms with Gasteiger partial charge in [0.2, 0.25) is 0 Å². The Balaban J connectivity index is 1.71. The van der Waals surface area contributed by atoms with Crippen molar-refractivity contribution in [3.8, 4) is 11.3 Å². The molecule has 184 valence electrons. The van der Waals surface area contributed by atoms with E-state index in [9.17, 15) is 4.79 Å². The SMILES string of the molecule is CCc1nc(-c2ccc(Cl)cc2Cl)c(CC)nc1N[C@H]1c2ccccc2C[C@@H]1OC(=O)CN(C)C. The van der Waals surface area contributed by atoms with Crippen LogP contribution in [0.5, 0.6) is 0 Å². The predicted octanol–water partition coefficient (Wildman–Crippen LogP) is 5.76. The molecular formula is C27H30Cl2N4O2. The molecule has 3 aromatic rings. The van der Waals surface area contributed by atoms with Gasteiger partial charge >= 0.3 is 5.97 Å². The van der Waals surface area contributed by atoms with E-state index in [-0.39, 0.29) is 24.7 Å². The van der Waals surface area contributed by atoms with Gasteiger partial charge in [-0.2, -0.15) is 0 Å². The van der Waals surface area contributed by atoms with Gasteiger partial charge in [0.1, 0.15) is 11.9 Å². The molecule has 1 aromatic heterocycles. The minimum absolute atomic E-state index is 0.216. The molecule has 8 heteroatoms. The average Bonchev–Trinajstić information content (AvgIpc) is 3.15. The molecule has 6 nitrogen and oxygen atoms in total. The van der Waals surface area contributed by atoms with Gasteiger partial charge < -0.3 is 10.1 Å². The molecule has 1 heterocycles. The molecule has 0 amide bonds. The number of anilines is 1. The van der Waals surface area contributed by atoms with Gasteiger partial charge in [0.25, 0.3) is 0 Å². The Bertz CT molecular complexity index is 1230. The van der Waals surface area contributed by atoms with Gasteiger partial charge in [-0.05, 0) is 56.3 Å². The van der Waals surface area contributed by atoms with Gasteiger partial charge in [-0.3, -0.25) is 9.69 Å². The summed E-state index contributed by atoms with van der Waals surface area (Å²) in [6.07, 6.45) is 1.68. The number of hydrogen-bond donors (Lipinski definition) is 1. The maximum atomic E-state index is 12.5. The fourth-order valence-corrected chi connectivity index (χ4v) is 4.96. The van der Waals surface area contributed by atoms with Crippen molar-refractivity contribution in [2.45, 2.75) is 45.3 Å². The Hall–Kier alpha value is -2.67. The number of esters is 1. The van der Waals surface area contributed by atoms with Crippen molar-refractivity contribution in [2.75, 3.05) is 26.0 Å². The number of aryl methyl sites for hydroxylation is 2. The van der Waals surface area contributed by atoms with E-state index < -0.39 is 0 Å². The van der Waals surface area contributed by atoms with Crippen LogP contribution in [0.2, 0.25) is 10.0 Å². The summed E-state index contributed by atoms with van der Waals surface area (Å²) in [6, 6.07) is 13.4. The first kappa shape index (κ1) is 25.4. The number of carbonyl (C=O) groups excluding carboxylic acids is 1. The molecule has 0 spiro atoms. The second kappa shape index (κ2) is 10.9. The van der Waals surface area contributed by atoms with Crippen LogP contribution in [0.4, 0.5) is 5.82 Å². The molecule has 4 rings (SSSR count). The number of benzene rings is 2. The molecule has 0 saturated carbocycles. The second-order valence-corrected chi connectivity index (χ2v) is 9.78. The third-order valence-corrected chi connectivity index (χ3v) is 6.65. The number of fused-ring (bicyclic) bond motifs is 1. The fourth-order valence-electron chi connectivity index (χ4n) is 4.46. The van der Waals surface area contributed by atoms with Gasteiger partial charge in [-0.1, -0.05) is 61.3 Å². The summed E-state index contributed by atoms with van der Waals surface area (Å²) < 4.78 is 5.92. The van der Waals surface area contributed by atoms with Gasteiger partial charge in [0, 0.05) is 17.0 Å². The van der Waals surface area contributed by atoms with E-state index in [0.717, 1.165) is 28.2 Å². The molecule has 1 aliphatic rings. The summed E-state index contributed by atoms with van der Waals surface area (Å²) in [7, 11) is 3.70. The highest BCUT2D eigenvalue weighted by Crippen LogP contribution is 2.38. The van der Waals surface area contributed by atoms with Crippen LogP contribution in [0.25, 0.3) is 11.3 Å². The van der Waals surface area contributed by atoms with Crippen molar-refractivity contribution in [1.82, 2.24) is 14.9 Å². The van der Waals surface area contributed by atoms with Crippen LogP contribution in [0.3, 0.4) is 0 Å². The number of likely N-dealkylation sites (N-methyl/N-ethyl adjacent to an activating group) is 1. The van der Waals surface area contributed by atoms with E-state index in [4.69, 9.17) is 37.9 Å². The summed E-state index contributed by atoms with van der Waals surface area (Å²) in [5.74, 6) is 0.455. The minimum atomic E-state index is -0.332. The highest BCUT2D eigenvalue weighted by atomic mass is 35.5. The molecule has 0 fully saturated rings. The zero-order valence-electron chi connectivity index (χ0n) is 20.4. The van der Waals surface area contributed by atoms with Crippen LogP contribution in [0, 0.1) is 0 Å². The summed E-state index contributed by atoms with van der Waals surface area (Å²) in [5.41, 5.74) is 5.51. The van der Waals surface area contributed by atoms with Crippen LogP contribution >= 0.6 is 23.2 Å². The topological polar surface area (TPSA) is 67.4 Å². The number of rotatable bonds is 8. The Morgan fingerprint density at radius 3 is 2.51 bits per heavy atom. The first-order valence-electron chi connectivity index (χ1n) is 11.8. The van der Waals surface area contributed by atoms with E-state index in [0.29, 0.717) is 35.1 Å². The number of nitrogens with zero attached hydrogens (tertiary/aromatic N) is 3. The van der Waals surface area contributed by atoms with E-state index in [1.54, 1.807) is 6.07 Å². The minimum Gasteiger partial charge on any atom is -0.458 e. The number of aromatic nitrogens is 2. The molecule has 0 saturated heterocycles. The van der Waals surface area contributed by atoms with Gasteiger partial charge in [-0.15, -0.1) is 0 Å². The maximum absolute atomic E-state index is 12.5. The van der Waals surface area contributed by atoms with Gasteiger partial charge in [0.05, 0.1) is 34.7 Å². The third-order valence-electron chi connectivity index (χ3n) is 6.10. The lowest BCUT2D eigenvalue weighted by atomic mass is 10.1. The number of carbonyl (C=O) groups is 1. The highest BCUT2D eigenvalue weighted by Gasteiger charge is 2.36. The molecule has 1 aliphatic carbocycles. The number of ether oxygens (including phenoxy) is 1. The number of nitrogens with one attached hydrogen (secondary N) is 1.